The summed E-state index contributed by atoms with van der Waals surface area (Å²) in [6, 6.07) is 6.49. The summed E-state index contributed by atoms with van der Waals surface area (Å²) in [6.45, 7) is 3.31. The van der Waals surface area contributed by atoms with E-state index < -0.39 is 0 Å². The number of aliphatic hydroxyl groups is 1. The SMILES string of the molecule is CN(CCO)Cc1ccc2c(c1)COC2. The monoisotopic (exact) mass is 207 g/mol. The molecule has 0 amide bonds. The standard InChI is InChI=1S/C12H17NO2/c1-13(4-5-14)7-10-2-3-11-8-15-9-12(11)6-10/h2-3,6,14H,4-5,7-9H2,1H3. The molecule has 3 nitrogen and oxygen atoms in total. The Labute approximate surface area is 90.3 Å². The van der Waals surface area contributed by atoms with Crippen molar-refractivity contribution in [2.75, 3.05) is 20.2 Å². The van der Waals surface area contributed by atoms with Gasteiger partial charge in [-0.15, -0.1) is 0 Å². The molecule has 0 atom stereocenters. The Kier molecular flexibility index (Phi) is 3.36. The highest BCUT2D eigenvalue weighted by Gasteiger charge is 2.11. The molecule has 0 saturated carbocycles. The lowest BCUT2D eigenvalue weighted by Crippen LogP contribution is -2.21. The van der Waals surface area contributed by atoms with Crippen LogP contribution in [0.25, 0.3) is 0 Å². The number of rotatable bonds is 4. The molecular formula is C12H17NO2. The van der Waals surface area contributed by atoms with Crippen LogP contribution in [0.4, 0.5) is 0 Å². The Bertz CT molecular complexity index is 338. The Morgan fingerprint density at radius 2 is 2.13 bits per heavy atom. The second-order valence-corrected chi connectivity index (χ2v) is 4.06. The highest BCUT2D eigenvalue weighted by Crippen LogP contribution is 2.21. The average molecular weight is 207 g/mol. The molecule has 0 spiro atoms. The van der Waals surface area contributed by atoms with Gasteiger partial charge in [-0.05, 0) is 23.7 Å². The average Bonchev–Trinajstić information content (AvgIpc) is 2.65. The van der Waals surface area contributed by atoms with Gasteiger partial charge in [0.1, 0.15) is 0 Å². The Morgan fingerprint density at radius 3 is 2.93 bits per heavy atom. The van der Waals surface area contributed by atoms with Gasteiger partial charge in [0.05, 0.1) is 19.8 Å². The second-order valence-electron chi connectivity index (χ2n) is 4.06. The van der Waals surface area contributed by atoms with Crippen molar-refractivity contribution >= 4 is 0 Å². The van der Waals surface area contributed by atoms with Gasteiger partial charge in [-0.2, -0.15) is 0 Å². The molecule has 0 fully saturated rings. The zero-order valence-corrected chi connectivity index (χ0v) is 9.07. The van der Waals surface area contributed by atoms with Crippen molar-refractivity contribution in [1.29, 1.82) is 0 Å². The van der Waals surface area contributed by atoms with Crippen molar-refractivity contribution in [2.24, 2.45) is 0 Å². The van der Waals surface area contributed by atoms with Gasteiger partial charge in [0, 0.05) is 13.1 Å². The number of benzene rings is 1. The fourth-order valence-corrected chi connectivity index (χ4v) is 1.89. The van der Waals surface area contributed by atoms with Crippen molar-refractivity contribution in [2.45, 2.75) is 19.8 Å². The van der Waals surface area contributed by atoms with Crippen LogP contribution >= 0.6 is 0 Å². The Morgan fingerprint density at radius 1 is 1.33 bits per heavy atom. The summed E-state index contributed by atoms with van der Waals surface area (Å²) in [6.07, 6.45) is 0. The number of hydrogen-bond acceptors (Lipinski definition) is 3. The van der Waals surface area contributed by atoms with Crippen LogP contribution < -0.4 is 0 Å². The fraction of sp³-hybridized carbons (Fsp3) is 0.500. The number of nitrogens with zero attached hydrogens (tertiary/aromatic N) is 1. The topological polar surface area (TPSA) is 32.7 Å². The highest BCUT2D eigenvalue weighted by molar-refractivity contribution is 5.33. The lowest BCUT2D eigenvalue weighted by Gasteiger charge is -2.15. The number of likely N-dealkylation sites (N-methyl/N-ethyl adjacent to an activating group) is 1. The van der Waals surface area contributed by atoms with E-state index in [4.69, 9.17) is 9.84 Å². The molecular weight excluding hydrogens is 190 g/mol. The predicted octanol–water partition coefficient (Wildman–Crippen LogP) is 1.14. The smallest absolute Gasteiger partial charge is 0.0725 e. The van der Waals surface area contributed by atoms with Crippen molar-refractivity contribution in [3.05, 3.63) is 34.9 Å². The van der Waals surface area contributed by atoms with E-state index in [0.29, 0.717) is 6.54 Å². The molecule has 0 unspecified atom stereocenters. The van der Waals surface area contributed by atoms with Crippen LogP contribution in [0.5, 0.6) is 0 Å². The molecule has 82 valence electrons. The van der Waals surface area contributed by atoms with Crippen LogP contribution in [0.3, 0.4) is 0 Å². The second kappa shape index (κ2) is 4.75. The molecule has 0 aromatic heterocycles. The number of aliphatic hydroxyl groups excluding tert-OH is 1. The van der Waals surface area contributed by atoms with Gasteiger partial charge in [0.25, 0.3) is 0 Å². The molecule has 1 aromatic rings. The van der Waals surface area contributed by atoms with Gasteiger partial charge in [0.15, 0.2) is 0 Å². The summed E-state index contributed by atoms with van der Waals surface area (Å²) in [5, 5.41) is 8.81. The molecule has 1 aliphatic heterocycles. The van der Waals surface area contributed by atoms with E-state index in [1.54, 1.807) is 0 Å². The van der Waals surface area contributed by atoms with Gasteiger partial charge in [0.2, 0.25) is 0 Å². The lowest BCUT2D eigenvalue weighted by molar-refractivity contribution is 0.134. The van der Waals surface area contributed by atoms with Crippen LogP contribution in [-0.4, -0.2) is 30.2 Å². The molecule has 0 saturated heterocycles. The quantitative estimate of drug-likeness (QED) is 0.803. The third-order valence-corrected chi connectivity index (χ3v) is 2.72. The van der Waals surface area contributed by atoms with Gasteiger partial charge >= 0.3 is 0 Å². The van der Waals surface area contributed by atoms with E-state index in [-0.39, 0.29) is 6.61 Å². The van der Waals surface area contributed by atoms with Crippen LogP contribution in [0, 0.1) is 0 Å². The molecule has 15 heavy (non-hydrogen) atoms. The number of hydrogen-bond donors (Lipinski definition) is 1. The maximum atomic E-state index is 8.81. The van der Waals surface area contributed by atoms with Crippen molar-refractivity contribution in [3.63, 3.8) is 0 Å². The van der Waals surface area contributed by atoms with Crippen LogP contribution in [0.15, 0.2) is 18.2 Å². The van der Waals surface area contributed by atoms with Crippen molar-refractivity contribution in [1.82, 2.24) is 4.90 Å². The summed E-state index contributed by atoms with van der Waals surface area (Å²) >= 11 is 0. The van der Waals surface area contributed by atoms with Gasteiger partial charge in [-0.3, -0.25) is 4.90 Å². The first-order chi connectivity index (χ1) is 7.29. The van der Waals surface area contributed by atoms with Crippen LogP contribution in [0.1, 0.15) is 16.7 Å². The van der Waals surface area contributed by atoms with Gasteiger partial charge in [-0.1, -0.05) is 18.2 Å². The minimum absolute atomic E-state index is 0.213. The number of ether oxygens (including phenoxy) is 1. The Hall–Kier alpha value is -0.900. The summed E-state index contributed by atoms with van der Waals surface area (Å²) in [5.41, 5.74) is 3.91. The third kappa shape index (κ3) is 2.56. The van der Waals surface area contributed by atoms with E-state index in [1.807, 2.05) is 7.05 Å². The van der Waals surface area contributed by atoms with Crippen LogP contribution in [-0.2, 0) is 24.5 Å². The summed E-state index contributed by atoms with van der Waals surface area (Å²) in [5.74, 6) is 0. The molecule has 0 bridgehead atoms. The van der Waals surface area contributed by atoms with Gasteiger partial charge in [-0.25, -0.2) is 0 Å². The van der Waals surface area contributed by atoms with Gasteiger partial charge < -0.3 is 9.84 Å². The minimum Gasteiger partial charge on any atom is -0.395 e. The van der Waals surface area contributed by atoms with Crippen molar-refractivity contribution in [3.8, 4) is 0 Å². The lowest BCUT2D eigenvalue weighted by atomic mass is 10.1. The van der Waals surface area contributed by atoms with E-state index in [9.17, 15) is 0 Å². The molecule has 3 heteroatoms. The first kappa shape index (κ1) is 10.6. The molecule has 1 aromatic carbocycles. The maximum Gasteiger partial charge on any atom is 0.0725 e. The van der Waals surface area contributed by atoms with Crippen LogP contribution in [0.2, 0.25) is 0 Å². The molecule has 1 N–H and O–H groups in total. The summed E-state index contributed by atoms with van der Waals surface area (Å²) < 4.78 is 5.37. The molecule has 0 aliphatic carbocycles. The maximum absolute atomic E-state index is 8.81. The zero-order valence-electron chi connectivity index (χ0n) is 9.07. The minimum atomic E-state index is 0.213. The normalized spacial score (nSPS) is 14.6. The fourth-order valence-electron chi connectivity index (χ4n) is 1.89. The zero-order chi connectivity index (χ0) is 10.7. The largest absolute Gasteiger partial charge is 0.395 e. The molecule has 1 aliphatic rings. The van der Waals surface area contributed by atoms with E-state index >= 15 is 0 Å². The first-order valence-electron chi connectivity index (χ1n) is 5.27. The summed E-state index contributed by atoms with van der Waals surface area (Å²) in [7, 11) is 2.01. The molecule has 2 rings (SSSR count). The third-order valence-electron chi connectivity index (χ3n) is 2.72. The Balaban J connectivity index is 2.03. The number of fused-ring (bicyclic) bond motifs is 1. The van der Waals surface area contributed by atoms with E-state index in [0.717, 1.165) is 19.8 Å². The highest BCUT2D eigenvalue weighted by atomic mass is 16.5. The van der Waals surface area contributed by atoms with Crippen molar-refractivity contribution < 1.29 is 9.84 Å². The summed E-state index contributed by atoms with van der Waals surface area (Å²) in [4.78, 5) is 2.11. The molecule has 0 radical (unpaired) electrons. The van der Waals surface area contributed by atoms with E-state index in [2.05, 4.69) is 23.1 Å². The predicted molar refractivity (Wildman–Crippen MR) is 58.4 cm³/mol. The first-order valence-corrected chi connectivity index (χ1v) is 5.27. The van der Waals surface area contributed by atoms with E-state index in [1.165, 1.54) is 16.7 Å². The molecule has 1 heterocycles.